The highest BCUT2D eigenvalue weighted by Crippen LogP contribution is 2.01. The quantitative estimate of drug-likeness (QED) is 0.617. The maximum Gasteiger partial charge on any atom is 0.0230 e. The van der Waals surface area contributed by atoms with Gasteiger partial charge in [-0.05, 0) is 6.54 Å². The van der Waals surface area contributed by atoms with Gasteiger partial charge in [-0.1, -0.05) is 20.8 Å². The van der Waals surface area contributed by atoms with Crippen molar-refractivity contribution in [2.75, 3.05) is 32.7 Å². The van der Waals surface area contributed by atoms with Gasteiger partial charge in [0.1, 0.15) is 0 Å². The van der Waals surface area contributed by atoms with Crippen LogP contribution in [0.4, 0.5) is 0 Å². The van der Waals surface area contributed by atoms with Crippen LogP contribution >= 0.6 is 0 Å². The van der Waals surface area contributed by atoms with Crippen molar-refractivity contribution in [3.63, 3.8) is 0 Å². The zero-order valence-corrected chi connectivity index (χ0v) is 9.47. The second kappa shape index (κ2) is 7.44. The number of hydrogen-bond acceptors (Lipinski definition) is 3. The second-order valence-electron chi connectivity index (χ2n) is 2.58. The normalized spacial score (nSPS) is 21.8. The van der Waals surface area contributed by atoms with Crippen LogP contribution in [0.25, 0.3) is 0 Å². The molecule has 0 saturated carbocycles. The molecule has 1 heterocycles. The molecular weight excluding hydrogens is 188 g/mol. The topological polar surface area (TPSA) is 46.6 Å². The van der Waals surface area contributed by atoms with Gasteiger partial charge in [-0.2, -0.15) is 0 Å². The summed E-state index contributed by atoms with van der Waals surface area (Å²) in [6.45, 7) is 10.1. The summed E-state index contributed by atoms with van der Waals surface area (Å²) in [5.41, 5.74) is 0. The Morgan fingerprint density at radius 1 is 1.23 bits per heavy atom. The molecular formula is C8H19N2O2S-. The van der Waals surface area contributed by atoms with Crippen molar-refractivity contribution in [3.05, 3.63) is 0 Å². The van der Waals surface area contributed by atoms with E-state index in [1.807, 2.05) is 13.8 Å². The first kappa shape index (κ1) is 13.0. The minimum atomic E-state index is -2.01. The summed E-state index contributed by atoms with van der Waals surface area (Å²) >= 11 is -2.01. The highest BCUT2D eigenvalue weighted by Gasteiger charge is 2.14. The fourth-order valence-electron chi connectivity index (χ4n) is 1.19. The molecule has 1 fully saturated rings. The zero-order chi connectivity index (χ0) is 10.3. The van der Waals surface area contributed by atoms with Crippen molar-refractivity contribution in [3.8, 4) is 0 Å². The van der Waals surface area contributed by atoms with E-state index in [1.54, 1.807) is 0 Å². The van der Waals surface area contributed by atoms with Gasteiger partial charge >= 0.3 is 0 Å². The van der Waals surface area contributed by atoms with Crippen molar-refractivity contribution in [2.45, 2.75) is 20.8 Å². The van der Waals surface area contributed by atoms with Crippen molar-refractivity contribution in [2.24, 2.45) is 0 Å². The number of nitrogens with zero attached hydrogens (tertiary/aromatic N) is 2. The van der Waals surface area contributed by atoms with Gasteiger partial charge in [0.2, 0.25) is 0 Å². The van der Waals surface area contributed by atoms with E-state index < -0.39 is 11.3 Å². The Balaban J connectivity index is 0.000000671. The summed E-state index contributed by atoms with van der Waals surface area (Å²) in [6, 6.07) is 0. The molecule has 1 aliphatic rings. The van der Waals surface area contributed by atoms with Crippen LogP contribution < -0.4 is 0 Å². The molecule has 0 radical (unpaired) electrons. The van der Waals surface area contributed by atoms with E-state index in [0.29, 0.717) is 13.1 Å². The lowest BCUT2D eigenvalue weighted by Gasteiger charge is -2.34. The molecule has 13 heavy (non-hydrogen) atoms. The molecule has 0 aromatic rings. The van der Waals surface area contributed by atoms with Crippen LogP contribution in [0.2, 0.25) is 0 Å². The van der Waals surface area contributed by atoms with Gasteiger partial charge < -0.3 is 9.45 Å². The molecule has 0 aromatic carbocycles. The third-order valence-electron chi connectivity index (χ3n) is 1.99. The number of piperazine rings is 1. The predicted octanol–water partition coefficient (Wildman–Crippen LogP) is 0.444. The highest BCUT2D eigenvalue weighted by atomic mass is 32.2. The van der Waals surface area contributed by atoms with Crippen molar-refractivity contribution in [1.82, 2.24) is 9.21 Å². The smallest absolute Gasteiger partial charge is 0.0230 e. The Hall–Kier alpha value is 0.0300. The molecule has 5 heteroatoms. The molecule has 0 amide bonds. The second-order valence-corrected chi connectivity index (χ2v) is 3.53. The third kappa shape index (κ3) is 4.71. The minimum absolute atomic E-state index is 0.643. The maximum absolute atomic E-state index is 10.5. The fraction of sp³-hybridized carbons (Fsp3) is 1.00. The van der Waals surface area contributed by atoms with Crippen molar-refractivity contribution < 1.29 is 8.76 Å². The highest BCUT2D eigenvalue weighted by molar-refractivity contribution is 7.76. The Kier molecular flexibility index (Phi) is 7.45. The van der Waals surface area contributed by atoms with Crippen LogP contribution in [0, 0.1) is 0 Å². The minimum Gasteiger partial charge on any atom is -0.760 e. The van der Waals surface area contributed by atoms with Gasteiger partial charge in [-0.25, -0.2) is 4.31 Å². The summed E-state index contributed by atoms with van der Waals surface area (Å²) in [7, 11) is 0. The summed E-state index contributed by atoms with van der Waals surface area (Å²) in [6.07, 6.45) is 0. The fourth-order valence-corrected chi connectivity index (χ4v) is 1.66. The molecule has 80 valence electrons. The number of rotatable bonds is 2. The Morgan fingerprint density at radius 3 is 2.00 bits per heavy atom. The largest absolute Gasteiger partial charge is 0.760 e. The molecule has 1 atom stereocenters. The predicted molar refractivity (Wildman–Crippen MR) is 54.0 cm³/mol. The lowest BCUT2D eigenvalue weighted by molar-refractivity contribution is 0.194. The Labute approximate surface area is 83.3 Å². The monoisotopic (exact) mass is 207 g/mol. The summed E-state index contributed by atoms with van der Waals surface area (Å²) in [5.74, 6) is 0. The van der Waals surface area contributed by atoms with Crippen LogP contribution in [0.3, 0.4) is 0 Å². The number of likely N-dealkylation sites (N-methyl/N-ethyl adjacent to an activating group) is 1. The first-order valence-corrected chi connectivity index (χ1v) is 5.84. The van der Waals surface area contributed by atoms with Gasteiger partial charge in [0, 0.05) is 37.4 Å². The van der Waals surface area contributed by atoms with Crippen LogP contribution in [0.1, 0.15) is 20.8 Å². The molecule has 0 spiro atoms. The van der Waals surface area contributed by atoms with E-state index in [4.69, 9.17) is 0 Å². The summed E-state index contributed by atoms with van der Waals surface area (Å²) in [5, 5.41) is 0. The average molecular weight is 207 g/mol. The molecule has 1 aliphatic heterocycles. The van der Waals surface area contributed by atoms with Gasteiger partial charge in [0.05, 0.1) is 0 Å². The maximum atomic E-state index is 10.5. The van der Waals surface area contributed by atoms with E-state index in [1.165, 1.54) is 4.31 Å². The van der Waals surface area contributed by atoms with E-state index in [2.05, 4.69) is 11.8 Å². The molecule has 1 rings (SSSR count). The van der Waals surface area contributed by atoms with Crippen molar-refractivity contribution in [1.29, 1.82) is 0 Å². The average Bonchev–Trinajstić information content (AvgIpc) is 2.21. The van der Waals surface area contributed by atoms with E-state index in [9.17, 15) is 8.76 Å². The molecule has 1 unspecified atom stereocenters. The van der Waals surface area contributed by atoms with Crippen LogP contribution in [0.15, 0.2) is 0 Å². The molecule has 0 aliphatic carbocycles. The lowest BCUT2D eigenvalue weighted by Crippen LogP contribution is -2.46. The van der Waals surface area contributed by atoms with Gasteiger partial charge in [-0.15, -0.1) is 0 Å². The Morgan fingerprint density at radius 2 is 1.69 bits per heavy atom. The Bertz CT molecular complexity index is 147. The van der Waals surface area contributed by atoms with E-state index in [0.717, 1.165) is 19.6 Å². The van der Waals surface area contributed by atoms with E-state index >= 15 is 0 Å². The molecule has 0 aromatic heterocycles. The van der Waals surface area contributed by atoms with E-state index in [-0.39, 0.29) is 0 Å². The van der Waals surface area contributed by atoms with Gasteiger partial charge in [0.25, 0.3) is 0 Å². The van der Waals surface area contributed by atoms with Crippen LogP contribution in [-0.4, -0.2) is 50.7 Å². The number of hydrogen-bond donors (Lipinski definition) is 0. The van der Waals surface area contributed by atoms with Crippen LogP contribution in [0.5, 0.6) is 0 Å². The van der Waals surface area contributed by atoms with Gasteiger partial charge in [0.15, 0.2) is 0 Å². The first-order chi connectivity index (χ1) is 6.24. The SMILES string of the molecule is CC.CCN1CCN(S(=O)[O-])CC1. The first-order valence-electron chi connectivity index (χ1n) is 4.80. The molecule has 4 nitrogen and oxygen atoms in total. The summed E-state index contributed by atoms with van der Waals surface area (Å²) in [4.78, 5) is 2.24. The zero-order valence-electron chi connectivity index (χ0n) is 8.65. The van der Waals surface area contributed by atoms with Crippen molar-refractivity contribution >= 4 is 11.3 Å². The standard InChI is InChI=1S/C6H14N2O2S.C2H6/c1-2-7-3-5-8(6-4-7)11(9)10;1-2/h2-6H2,1H3,(H,9,10);1-2H3/p-1. The third-order valence-corrected chi connectivity index (χ3v) is 2.78. The summed E-state index contributed by atoms with van der Waals surface area (Å²) < 4.78 is 22.4. The van der Waals surface area contributed by atoms with Crippen LogP contribution in [-0.2, 0) is 11.3 Å². The lowest BCUT2D eigenvalue weighted by atomic mass is 10.4. The molecule has 0 N–H and O–H groups in total. The molecule has 0 bridgehead atoms. The van der Waals surface area contributed by atoms with Gasteiger partial charge in [-0.3, -0.25) is 4.21 Å². The molecule has 1 saturated heterocycles.